The van der Waals surface area contributed by atoms with Gasteiger partial charge in [-0.2, -0.15) is 25.5 Å². The maximum atomic E-state index is 10.9. The summed E-state index contributed by atoms with van der Waals surface area (Å²) in [5, 5.41) is 66.0. The molecular formula is C50H53N20O13Pd-. The van der Waals surface area contributed by atoms with Gasteiger partial charge in [0, 0.05) is 72.9 Å². The van der Waals surface area contributed by atoms with Crippen molar-refractivity contribution in [3.8, 4) is 85.7 Å². The fourth-order valence-corrected chi connectivity index (χ4v) is 7.47. The number of hydrogen-bond donors (Lipinski definition) is 2. The van der Waals surface area contributed by atoms with Crippen LogP contribution in [0, 0.1) is 47.9 Å². The average Bonchev–Trinajstić information content (AvgIpc) is 3.89. The molecule has 5 heterocycles. The van der Waals surface area contributed by atoms with Gasteiger partial charge < -0.3 is 36.8 Å². The summed E-state index contributed by atoms with van der Waals surface area (Å²) in [6.45, 7) is 0. The Bertz CT molecular complexity index is 3730. The first-order chi connectivity index (χ1) is 39.4. The Balaban J connectivity index is 0.000000224. The number of nitrogen functional groups attached to an aromatic ring is 1. The van der Waals surface area contributed by atoms with Gasteiger partial charge in [0.15, 0.2) is 34.9 Å². The van der Waals surface area contributed by atoms with Gasteiger partial charge >= 0.3 is 22.7 Å². The van der Waals surface area contributed by atoms with Crippen LogP contribution >= 0.6 is 0 Å². The van der Waals surface area contributed by atoms with Gasteiger partial charge in [0.1, 0.15) is 31.6 Å². The number of para-hydroxylation sites is 5. The molecule has 10 rings (SSSR count). The Labute approximate surface area is 490 Å². The molecule has 5 aromatic heterocycles. The van der Waals surface area contributed by atoms with Gasteiger partial charge in [-0.1, -0.05) is 30.3 Å². The zero-order valence-electron chi connectivity index (χ0n) is 46.3. The van der Waals surface area contributed by atoms with Crippen LogP contribution in [0.4, 0.5) is 28.4 Å². The third kappa shape index (κ3) is 15.6. The number of nitrogens with zero attached hydrogens (tertiary/aromatic N) is 18. The number of nitrogens with two attached hydrogens (primary N) is 1. The van der Waals surface area contributed by atoms with Crippen LogP contribution in [-0.2, 0) is 48.6 Å². The van der Waals surface area contributed by atoms with E-state index in [-0.39, 0.29) is 73.6 Å². The number of methoxy groups -OCH3 is 5. The van der Waals surface area contributed by atoms with E-state index in [1.54, 1.807) is 93.9 Å². The van der Waals surface area contributed by atoms with Gasteiger partial charge in [0.25, 0.3) is 0 Å². The molecule has 442 valence electrons. The molecular weight excluding hydrogens is 1200 g/mol. The quantitative estimate of drug-likeness (QED) is 0.0360. The standard InChI is InChI=1S/3C10H10N4O3.C10H12N4O.C9H8N4O3.CH3.Pd/c2*1-13-6-11-10(12-13)7-4-3-5-8(14(15)16)9(7)17-2;1-13-10(11-6-12-13)7-4-3-5-8(14(15)16)9(7)17-2;1-14-6-12-10(13-14)7-4-3-5-8(11)9(7)15-2;1-16-8-6(9-10-5-11-12-9)3-2-4-7(8)13(14)15;;/h3*3-6H,1-2H3;3-6H,11H2,1-2H3;2-5H,1H3,(H,10,11,12);1H3;/q;;;;;-1;. The van der Waals surface area contributed by atoms with Crippen molar-refractivity contribution in [1.29, 1.82) is 0 Å². The SMILES string of the molecule is COc1c(-c2ncn(C)n2)cccc1[N+](=O)[O-].COc1c(-c2ncn(C)n2)cccc1[N+](=O)[O-].COc1c(-c2ncn[nH]2)cccc1[N+](=O)[O-].COc1c(-c2ncnn2C)cccc1[N+](=O)[O-].COc1c(N)cccc1-c1ncn(C)n1.[CH3-].[Pd]. The predicted molar refractivity (Wildman–Crippen MR) is 298 cm³/mol. The molecule has 0 unspecified atom stereocenters. The average molecular weight is 1250 g/mol. The van der Waals surface area contributed by atoms with E-state index in [1.165, 1.54) is 92.1 Å². The molecule has 0 radical (unpaired) electrons. The van der Waals surface area contributed by atoms with E-state index in [0.717, 1.165) is 5.56 Å². The van der Waals surface area contributed by atoms with E-state index >= 15 is 0 Å². The van der Waals surface area contributed by atoms with E-state index < -0.39 is 19.7 Å². The summed E-state index contributed by atoms with van der Waals surface area (Å²) in [4.78, 5) is 61.6. The number of anilines is 1. The summed E-state index contributed by atoms with van der Waals surface area (Å²) in [5.41, 5.74) is 8.84. The van der Waals surface area contributed by atoms with Gasteiger partial charge in [0.05, 0.1) is 88.7 Å². The normalized spacial score (nSPS) is 9.96. The number of aryl methyl sites for hydroxylation is 4. The van der Waals surface area contributed by atoms with Crippen molar-refractivity contribution in [2.24, 2.45) is 28.2 Å². The number of aromatic amines is 1. The van der Waals surface area contributed by atoms with Crippen LogP contribution in [0.1, 0.15) is 0 Å². The number of hydrogen-bond acceptors (Lipinski definition) is 24. The van der Waals surface area contributed by atoms with Crippen LogP contribution in [0.25, 0.3) is 56.9 Å². The zero-order valence-corrected chi connectivity index (χ0v) is 47.9. The molecule has 5 aromatic carbocycles. The molecule has 10 aromatic rings. The largest absolute Gasteiger partial charge is 0.494 e. The topological polar surface area (TPSA) is 409 Å². The maximum Gasteiger partial charge on any atom is 0.311 e. The molecule has 0 aliphatic heterocycles. The maximum absolute atomic E-state index is 10.9. The van der Waals surface area contributed by atoms with Gasteiger partial charge in [-0.3, -0.25) is 59.6 Å². The minimum atomic E-state index is -0.501. The van der Waals surface area contributed by atoms with E-state index in [1.807, 2.05) is 19.2 Å². The molecule has 0 aliphatic carbocycles. The summed E-state index contributed by atoms with van der Waals surface area (Å²) < 4.78 is 31.7. The van der Waals surface area contributed by atoms with Gasteiger partial charge in [-0.15, -0.1) is 0 Å². The monoisotopic (exact) mass is 1250 g/mol. The molecule has 0 spiro atoms. The molecule has 0 fully saturated rings. The number of nitro benzene ring substituents is 4. The summed E-state index contributed by atoms with van der Waals surface area (Å²) in [7, 11) is 14.1. The minimum absolute atomic E-state index is 0. The second-order valence-corrected chi connectivity index (χ2v) is 16.2. The molecule has 33 nitrogen and oxygen atoms in total. The summed E-state index contributed by atoms with van der Waals surface area (Å²) >= 11 is 0. The first kappa shape index (κ1) is 65.4. The molecule has 0 saturated carbocycles. The Morgan fingerprint density at radius 1 is 0.452 bits per heavy atom. The van der Waals surface area contributed by atoms with Crippen molar-refractivity contribution in [3.63, 3.8) is 0 Å². The number of H-pyrrole nitrogens is 1. The van der Waals surface area contributed by atoms with Gasteiger partial charge in [-0.25, -0.2) is 29.6 Å². The van der Waals surface area contributed by atoms with Crippen molar-refractivity contribution in [2.45, 2.75) is 0 Å². The zero-order chi connectivity index (χ0) is 59.6. The first-order valence-electron chi connectivity index (χ1n) is 23.3. The van der Waals surface area contributed by atoms with Crippen molar-refractivity contribution >= 4 is 28.4 Å². The molecule has 84 heavy (non-hydrogen) atoms. The van der Waals surface area contributed by atoms with Crippen LogP contribution in [0.5, 0.6) is 28.7 Å². The number of nitrogens with one attached hydrogen (secondary N) is 1. The Morgan fingerprint density at radius 3 is 1.10 bits per heavy atom. The molecule has 0 atom stereocenters. The van der Waals surface area contributed by atoms with E-state index in [9.17, 15) is 40.5 Å². The Kier molecular flexibility index (Phi) is 23.7. The number of nitro groups is 4. The first-order valence-corrected chi connectivity index (χ1v) is 23.3. The van der Waals surface area contributed by atoms with E-state index in [0.29, 0.717) is 62.8 Å². The van der Waals surface area contributed by atoms with Crippen molar-refractivity contribution in [3.05, 3.63) is 171 Å². The Morgan fingerprint density at radius 2 is 0.786 bits per heavy atom. The third-order valence-electron chi connectivity index (χ3n) is 11.0. The van der Waals surface area contributed by atoms with Crippen molar-refractivity contribution in [2.75, 3.05) is 41.3 Å². The number of benzene rings is 5. The smallest absolute Gasteiger partial charge is 0.311 e. The molecule has 3 N–H and O–H groups in total. The number of aromatic nitrogens is 15. The molecule has 0 aliphatic rings. The second kappa shape index (κ2) is 30.4. The summed E-state index contributed by atoms with van der Waals surface area (Å²) in [6, 6.07) is 24.1. The molecule has 0 bridgehead atoms. The fraction of sp³-hybridized carbons (Fsp3) is 0.180. The van der Waals surface area contributed by atoms with Crippen molar-refractivity contribution in [1.82, 2.24) is 74.2 Å². The molecule has 0 saturated heterocycles. The predicted octanol–water partition coefficient (Wildman–Crippen LogP) is 7.11. The molecule has 34 heteroatoms. The second-order valence-electron chi connectivity index (χ2n) is 16.2. The third-order valence-corrected chi connectivity index (χ3v) is 11.0. The van der Waals surface area contributed by atoms with Crippen molar-refractivity contribution < 1.29 is 63.8 Å². The van der Waals surface area contributed by atoms with Crippen LogP contribution in [0.3, 0.4) is 0 Å². The molecule has 0 amide bonds. The van der Waals surface area contributed by atoms with E-state index in [2.05, 4.69) is 55.5 Å². The van der Waals surface area contributed by atoms with Crippen LogP contribution in [0.2, 0.25) is 0 Å². The fourth-order valence-electron chi connectivity index (χ4n) is 7.47. The number of rotatable bonds is 14. The minimum Gasteiger partial charge on any atom is -0.494 e. The Hall–Kier alpha value is -11.1. The summed E-state index contributed by atoms with van der Waals surface area (Å²) in [6.07, 6.45) is 7.39. The van der Waals surface area contributed by atoms with Crippen LogP contribution < -0.4 is 29.4 Å². The van der Waals surface area contributed by atoms with Crippen LogP contribution in [0.15, 0.2) is 123 Å². The summed E-state index contributed by atoms with van der Waals surface area (Å²) in [5.74, 6) is 3.67. The van der Waals surface area contributed by atoms with Gasteiger partial charge in [0.2, 0.25) is 23.0 Å². The van der Waals surface area contributed by atoms with E-state index in [4.69, 9.17) is 29.4 Å². The number of ether oxygens (including phenoxy) is 5. The van der Waals surface area contributed by atoms with Gasteiger partial charge in [-0.05, 0) is 36.4 Å². The van der Waals surface area contributed by atoms with Crippen LogP contribution in [-0.4, -0.2) is 129 Å².